The van der Waals surface area contributed by atoms with Crippen LogP contribution in [0, 0.1) is 0 Å². The Morgan fingerprint density at radius 3 is 1.78 bits per heavy atom. The molecule has 9 rings (SSSR count). The molecule has 7 aromatic carbocycles. The molecule has 0 spiro atoms. The Hall–Kier alpha value is -6.13. The molecule has 210 valence electrons. The second-order valence-electron chi connectivity index (χ2n) is 11.3. The largest absolute Gasteiger partial charge is 0.456 e. The molecule has 0 amide bonds. The molecule has 0 aliphatic heterocycles. The van der Waals surface area contributed by atoms with Crippen LogP contribution in [-0.4, -0.2) is 15.0 Å². The van der Waals surface area contributed by atoms with E-state index in [0.717, 1.165) is 55.1 Å². The fraction of sp³-hybridized carbons (Fsp3) is 0. The molecule has 0 radical (unpaired) electrons. The van der Waals surface area contributed by atoms with Gasteiger partial charge >= 0.3 is 0 Å². The van der Waals surface area contributed by atoms with E-state index in [4.69, 9.17) is 19.4 Å². The highest BCUT2D eigenvalue weighted by Gasteiger charge is 2.16. The number of para-hydroxylation sites is 1. The summed E-state index contributed by atoms with van der Waals surface area (Å²) >= 11 is 0. The third-order valence-electron chi connectivity index (χ3n) is 8.48. The Morgan fingerprint density at radius 1 is 0.333 bits per heavy atom. The van der Waals surface area contributed by atoms with E-state index < -0.39 is 0 Å². The zero-order valence-corrected chi connectivity index (χ0v) is 24.2. The summed E-state index contributed by atoms with van der Waals surface area (Å²) in [6.07, 6.45) is 0. The maximum Gasteiger partial charge on any atom is 0.164 e. The lowest BCUT2D eigenvalue weighted by Gasteiger charge is -2.13. The lowest BCUT2D eigenvalue weighted by atomic mass is 9.94. The van der Waals surface area contributed by atoms with Gasteiger partial charge in [0.25, 0.3) is 0 Å². The molecule has 4 nitrogen and oxygen atoms in total. The van der Waals surface area contributed by atoms with Crippen LogP contribution >= 0.6 is 0 Å². The Kier molecular flexibility index (Phi) is 5.78. The zero-order chi connectivity index (χ0) is 29.7. The van der Waals surface area contributed by atoms with Crippen molar-refractivity contribution in [1.82, 2.24) is 15.0 Å². The van der Waals surface area contributed by atoms with Gasteiger partial charge in [-0.2, -0.15) is 0 Å². The maximum atomic E-state index is 6.10. The molecule has 0 bridgehead atoms. The van der Waals surface area contributed by atoms with Gasteiger partial charge < -0.3 is 4.42 Å². The van der Waals surface area contributed by atoms with Gasteiger partial charge in [-0.05, 0) is 75.1 Å². The van der Waals surface area contributed by atoms with Crippen LogP contribution in [0.4, 0.5) is 0 Å². The number of fused-ring (bicyclic) bond motifs is 5. The standard InChI is InChI=1S/C41H25N3O/c1-2-11-27(12-3-1)39-42-40(31-20-21-38-36(24-31)34-16-8-9-17-37(34)45-38)44-41(43-39)32-23-29-14-6-7-15-33(29)35(25-32)30-19-18-26-10-4-5-13-28(26)22-30/h1-25H. The lowest BCUT2D eigenvalue weighted by Crippen LogP contribution is -2.00. The van der Waals surface area contributed by atoms with Crippen molar-refractivity contribution >= 4 is 43.5 Å². The summed E-state index contributed by atoms with van der Waals surface area (Å²) in [4.78, 5) is 15.2. The molecular formula is C41H25N3O. The van der Waals surface area contributed by atoms with Crippen LogP contribution in [0.25, 0.3) is 88.8 Å². The molecule has 0 saturated heterocycles. The molecule has 0 saturated carbocycles. The number of nitrogens with zero attached hydrogens (tertiary/aromatic N) is 3. The first-order valence-corrected chi connectivity index (χ1v) is 15.0. The molecule has 4 heteroatoms. The molecule has 0 aliphatic rings. The van der Waals surface area contributed by atoms with E-state index in [9.17, 15) is 0 Å². The Morgan fingerprint density at radius 2 is 0.933 bits per heavy atom. The SMILES string of the molecule is c1ccc(-c2nc(-c3cc(-c4ccc5ccccc5c4)c4ccccc4c3)nc(-c3ccc4oc5ccccc5c4c3)n2)cc1. The van der Waals surface area contributed by atoms with Gasteiger partial charge in [0.05, 0.1) is 0 Å². The van der Waals surface area contributed by atoms with Crippen molar-refractivity contribution in [2.24, 2.45) is 0 Å². The van der Waals surface area contributed by atoms with E-state index in [1.807, 2.05) is 60.7 Å². The summed E-state index contributed by atoms with van der Waals surface area (Å²) in [6.45, 7) is 0. The number of hydrogen-bond donors (Lipinski definition) is 0. The highest BCUT2D eigenvalue weighted by molar-refractivity contribution is 6.06. The molecule has 2 heterocycles. The van der Waals surface area contributed by atoms with Gasteiger partial charge in [0.15, 0.2) is 17.5 Å². The van der Waals surface area contributed by atoms with E-state index in [-0.39, 0.29) is 0 Å². The minimum absolute atomic E-state index is 0.617. The van der Waals surface area contributed by atoms with E-state index in [1.165, 1.54) is 16.2 Å². The number of rotatable bonds is 4. The van der Waals surface area contributed by atoms with E-state index in [1.54, 1.807) is 0 Å². The lowest BCUT2D eigenvalue weighted by molar-refractivity contribution is 0.669. The van der Waals surface area contributed by atoms with Crippen LogP contribution in [0.15, 0.2) is 156 Å². The molecule has 0 unspecified atom stereocenters. The summed E-state index contributed by atoms with van der Waals surface area (Å²) in [7, 11) is 0. The van der Waals surface area contributed by atoms with Crippen molar-refractivity contribution in [1.29, 1.82) is 0 Å². The molecule has 0 fully saturated rings. The van der Waals surface area contributed by atoms with Gasteiger partial charge in [-0.15, -0.1) is 0 Å². The van der Waals surface area contributed by atoms with Crippen LogP contribution in [0.1, 0.15) is 0 Å². The fourth-order valence-corrected chi connectivity index (χ4v) is 6.25. The van der Waals surface area contributed by atoms with Crippen LogP contribution in [0.3, 0.4) is 0 Å². The second kappa shape index (κ2) is 10.2. The van der Waals surface area contributed by atoms with Gasteiger partial charge in [0.1, 0.15) is 11.2 Å². The molecule has 45 heavy (non-hydrogen) atoms. The monoisotopic (exact) mass is 575 g/mol. The molecule has 9 aromatic rings. The Balaban J connectivity index is 1.27. The highest BCUT2D eigenvalue weighted by Crippen LogP contribution is 2.36. The highest BCUT2D eigenvalue weighted by atomic mass is 16.3. The summed E-state index contributed by atoms with van der Waals surface area (Å²) in [6, 6.07) is 52.4. The zero-order valence-electron chi connectivity index (χ0n) is 24.2. The van der Waals surface area contributed by atoms with E-state index in [2.05, 4.69) is 91.0 Å². The first-order chi connectivity index (χ1) is 22.3. The van der Waals surface area contributed by atoms with Crippen molar-refractivity contribution in [2.45, 2.75) is 0 Å². The van der Waals surface area contributed by atoms with E-state index in [0.29, 0.717) is 17.5 Å². The number of furan rings is 1. The van der Waals surface area contributed by atoms with Crippen molar-refractivity contribution in [3.05, 3.63) is 152 Å². The molecule has 0 aliphatic carbocycles. The quantitative estimate of drug-likeness (QED) is 0.209. The number of aromatic nitrogens is 3. The predicted octanol–water partition coefficient (Wildman–Crippen LogP) is 10.7. The summed E-state index contributed by atoms with van der Waals surface area (Å²) in [5, 5.41) is 6.86. The molecular weight excluding hydrogens is 550 g/mol. The predicted molar refractivity (Wildman–Crippen MR) is 184 cm³/mol. The maximum absolute atomic E-state index is 6.10. The van der Waals surface area contributed by atoms with Crippen LogP contribution in [-0.2, 0) is 0 Å². The normalized spacial score (nSPS) is 11.6. The first-order valence-electron chi connectivity index (χ1n) is 15.0. The smallest absolute Gasteiger partial charge is 0.164 e. The Bertz CT molecular complexity index is 2550. The van der Waals surface area contributed by atoms with Crippen molar-refractivity contribution in [2.75, 3.05) is 0 Å². The van der Waals surface area contributed by atoms with Gasteiger partial charge in [-0.25, -0.2) is 15.0 Å². The first kappa shape index (κ1) is 25.4. The van der Waals surface area contributed by atoms with Gasteiger partial charge in [-0.1, -0.05) is 109 Å². The van der Waals surface area contributed by atoms with Gasteiger partial charge in [0, 0.05) is 27.5 Å². The molecule has 0 N–H and O–H groups in total. The number of benzene rings is 7. The van der Waals surface area contributed by atoms with Crippen molar-refractivity contribution in [3.8, 4) is 45.3 Å². The minimum Gasteiger partial charge on any atom is -0.456 e. The van der Waals surface area contributed by atoms with Gasteiger partial charge in [0.2, 0.25) is 0 Å². The van der Waals surface area contributed by atoms with Crippen LogP contribution in [0.2, 0.25) is 0 Å². The number of hydrogen-bond acceptors (Lipinski definition) is 4. The average molecular weight is 576 g/mol. The summed E-state index contributed by atoms with van der Waals surface area (Å²) < 4.78 is 6.10. The fourth-order valence-electron chi connectivity index (χ4n) is 6.25. The summed E-state index contributed by atoms with van der Waals surface area (Å²) in [5.74, 6) is 1.88. The molecule has 2 aromatic heterocycles. The topological polar surface area (TPSA) is 51.8 Å². The van der Waals surface area contributed by atoms with Crippen LogP contribution < -0.4 is 0 Å². The third-order valence-corrected chi connectivity index (χ3v) is 8.48. The van der Waals surface area contributed by atoms with Crippen LogP contribution in [0.5, 0.6) is 0 Å². The third kappa shape index (κ3) is 4.43. The van der Waals surface area contributed by atoms with Gasteiger partial charge in [-0.3, -0.25) is 0 Å². The molecule has 0 atom stereocenters. The van der Waals surface area contributed by atoms with Crippen molar-refractivity contribution < 1.29 is 4.42 Å². The summed E-state index contributed by atoms with van der Waals surface area (Å²) in [5.41, 5.74) is 6.78. The second-order valence-corrected chi connectivity index (χ2v) is 11.3. The van der Waals surface area contributed by atoms with E-state index >= 15 is 0 Å². The van der Waals surface area contributed by atoms with Crippen molar-refractivity contribution in [3.63, 3.8) is 0 Å². The Labute approximate surface area is 259 Å². The minimum atomic E-state index is 0.617. The average Bonchev–Trinajstić information content (AvgIpc) is 3.49.